The van der Waals surface area contributed by atoms with Crippen LogP contribution in [0.5, 0.6) is 0 Å². The number of nitriles is 1. The molecule has 0 amide bonds. The molecule has 1 aromatic rings. The summed E-state index contributed by atoms with van der Waals surface area (Å²) in [6, 6.07) is 3.47. The Hall–Kier alpha value is -0.320. The smallest absolute Gasteiger partial charge is 0.207 e. The van der Waals surface area contributed by atoms with Gasteiger partial charge in [0.2, 0.25) is 10.0 Å². The van der Waals surface area contributed by atoms with Crippen molar-refractivity contribution in [1.29, 1.82) is 5.26 Å². The van der Waals surface area contributed by atoms with E-state index in [1.165, 1.54) is 6.07 Å². The summed E-state index contributed by atoms with van der Waals surface area (Å²) in [6.45, 7) is 2.11. The molecule has 0 radical (unpaired) electrons. The second kappa shape index (κ2) is 6.43. The quantitative estimate of drug-likeness (QED) is 0.867. The molecule has 116 valence electrons. The van der Waals surface area contributed by atoms with E-state index in [2.05, 4.69) is 17.7 Å². The fourth-order valence-corrected chi connectivity index (χ4v) is 6.16. The Balaban J connectivity index is 2.23. The van der Waals surface area contributed by atoms with Crippen molar-refractivity contribution in [3.8, 4) is 6.07 Å². The van der Waals surface area contributed by atoms with Crippen LogP contribution in [0.15, 0.2) is 11.0 Å². The highest BCUT2D eigenvalue weighted by Crippen LogP contribution is 2.37. The number of rotatable bonds is 4. The molecular formula is C13H16Cl2N2O2S2. The minimum atomic E-state index is -3.84. The molecule has 0 aliphatic heterocycles. The molecule has 4 nitrogen and oxygen atoms in total. The molecule has 0 atom stereocenters. The van der Waals surface area contributed by atoms with Crippen LogP contribution in [0.1, 0.15) is 39.0 Å². The van der Waals surface area contributed by atoms with Crippen molar-refractivity contribution in [1.82, 2.24) is 4.72 Å². The zero-order valence-electron chi connectivity index (χ0n) is 11.5. The molecule has 0 aromatic carbocycles. The van der Waals surface area contributed by atoms with Crippen LogP contribution >= 0.6 is 34.5 Å². The number of sulfonamides is 1. The van der Waals surface area contributed by atoms with Gasteiger partial charge in [0.1, 0.15) is 14.8 Å². The Bertz CT molecular complexity index is 656. The van der Waals surface area contributed by atoms with E-state index in [0.29, 0.717) is 23.1 Å². The molecule has 1 aliphatic rings. The van der Waals surface area contributed by atoms with Crippen molar-refractivity contribution in [2.24, 2.45) is 5.92 Å². The molecule has 1 heterocycles. The molecule has 1 saturated carbocycles. The van der Waals surface area contributed by atoms with Gasteiger partial charge in [0.25, 0.3) is 0 Å². The minimum Gasteiger partial charge on any atom is -0.207 e. The van der Waals surface area contributed by atoms with Crippen molar-refractivity contribution < 1.29 is 8.42 Å². The predicted molar refractivity (Wildman–Crippen MR) is 85.3 cm³/mol. The van der Waals surface area contributed by atoms with Crippen LogP contribution in [0, 0.1) is 17.2 Å². The van der Waals surface area contributed by atoms with Crippen molar-refractivity contribution in [3.05, 3.63) is 14.7 Å². The number of hydrogen-bond acceptors (Lipinski definition) is 4. The fourth-order valence-electron chi connectivity index (χ4n) is 2.64. The lowest BCUT2D eigenvalue weighted by Crippen LogP contribution is -2.49. The Morgan fingerprint density at radius 2 is 2.10 bits per heavy atom. The van der Waals surface area contributed by atoms with Crippen LogP contribution in [0.2, 0.25) is 8.67 Å². The van der Waals surface area contributed by atoms with Gasteiger partial charge in [-0.15, -0.1) is 11.3 Å². The number of nitrogens with zero attached hydrogens (tertiary/aromatic N) is 1. The molecule has 0 unspecified atom stereocenters. The Morgan fingerprint density at radius 3 is 2.52 bits per heavy atom. The van der Waals surface area contributed by atoms with Gasteiger partial charge in [-0.2, -0.15) is 9.98 Å². The monoisotopic (exact) mass is 366 g/mol. The van der Waals surface area contributed by atoms with E-state index < -0.39 is 15.6 Å². The van der Waals surface area contributed by atoms with Crippen LogP contribution in [0.3, 0.4) is 0 Å². The van der Waals surface area contributed by atoms with Crippen LogP contribution < -0.4 is 4.72 Å². The van der Waals surface area contributed by atoms with Crippen LogP contribution in [-0.4, -0.2) is 14.0 Å². The van der Waals surface area contributed by atoms with Gasteiger partial charge in [-0.1, -0.05) is 36.5 Å². The number of thiophene rings is 1. The molecule has 8 heteroatoms. The summed E-state index contributed by atoms with van der Waals surface area (Å²) in [5, 5.41) is 9.45. The van der Waals surface area contributed by atoms with E-state index >= 15 is 0 Å². The summed E-state index contributed by atoms with van der Waals surface area (Å²) < 4.78 is 27.9. The van der Waals surface area contributed by atoms with Gasteiger partial charge in [-0.05, 0) is 37.7 Å². The van der Waals surface area contributed by atoms with Gasteiger partial charge in [-0.25, -0.2) is 8.42 Å². The Morgan fingerprint density at radius 1 is 1.48 bits per heavy atom. The highest BCUT2D eigenvalue weighted by molar-refractivity contribution is 7.89. The van der Waals surface area contributed by atoms with E-state index in [-0.39, 0.29) is 9.23 Å². The van der Waals surface area contributed by atoms with Crippen LogP contribution in [-0.2, 0) is 10.0 Å². The van der Waals surface area contributed by atoms with Gasteiger partial charge in [-0.3, -0.25) is 0 Å². The first-order valence-electron chi connectivity index (χ1n) is 6.72. The first-order valence-corrected chi connectivity index (χ1v) is 9.77. The summed E-state index contributed by atoms with van der Waals surface area (Å²) in [4.78, 5) is -0.0496. The van der Waals surface area contributed by atoms with Gasteiger partial charge in [0.15, 0.2) is 0 Å². The van der Waals surface area contributed by atoms with Gasteiger partial charge < -0.3 is 0 Å². The first kappa shape index (κ1) is 17.0. The molecule has 2 rings (SSSR count). The number of nitrogens with one attached hydrogen (secondary N) is 1. The summed E-state index contributed by atoms with van der Waals surface area (Å²) in [6.07, 6.45) is 3.81. The summed E-state index contributed by atoms with van der Waals surface area (Å²) >= 11 is 12.7. The normalized spacial score (nSPS) is 26.5. The molecule has 0 bridgehead atoms. The van der Waals surface area contributed by atoms with Crippen molar-refractivity contribution >= 4 is 44.6 Å². The van der Waals surface area contributed by atoms with Gasteiger partial charge in [0, 0.05) is 0 Å². The van der Waals surface area contributed by atoms with E-state index in [1.54, 1.807) is 0 Å². The average molecular weight is 367 g/mol. The van der Waals surface area contributed by atoms with E-state index in [1.807, 2.05) is 0 Å². The third kappa shape index (κ3) is 3.72. The summed E-state index contributed by atoms with van der Waals surface area (Å²) in [7, 11) is -3.84. The SMILES string of the molecule is CCC1CCC(C#N)(NS(=O)(=O)c2cc(Cl)sc2Cl)CC1. The zero-order chi connectivity index (χ0) is 15.7. The summed E-state index contributed by atoms with van der Waals surface area (Å²) in [5.74, 6) is 0.565. The van der Waals surface area contributed by atoms with E-state index in [9.17, 15) is 13.7 Å². The molecule has 1 fully saturated rings. The molecule has 21 heavy (non-hydrogen) atoms. The molecule has 0 saturated heterocycles. The maximum atomic E-state index is 12.5. The molecular weight excluding hydrogens is 351 g/mol. The van der Waals surface area contributed by atoms with Crippen LogP contribution in [0.4, 0.5) is 0 Å². The molecule has 1 aliphatic carbocycles. The maximum Gasteiger partial charge on any atom is 0.244 e. The lowest BCUT2D eigenvalue weighted by Gasteiger charge is -2.34. The van der Waals surface area contributed by atoms with Crippen molar-refractivity contribution in [2.45, 2.75) is 49.5 Å². The van der Waals surface area contributed by atoms with Crippen molar-refractivity contribution in [2.75, 3.05) is 0 Å². The maximum absolute atomic E-state index is 12.5. The molecule has 1 N–H and O–H groups in total. The number of hydrogen-bond donors (Lipinski definition) is 1. The number of halogens is 2. The van der Waals surface area contributed by atoms with E-state index in [0.717, 1.165) is 30.6 Å². The predicted octanol–water partition coefficient (Wildman–Crippen LogP) is 4.20. The highest BCUT2D eigenvalue weighted by atomic mass is 35.5. The lowest BCUT2D eigenvalue weighted by atomic mass is 9.77. The first-order chi connectivity index (χ1) is 9.82. The van der Waals surface area contributed by atoms with Crippen molar-refractivity contribution in [3.63, 3.8) is 0 Å². The third-order valence-electron chi connectivity index (χ3n) is 3.99. The largest absolute Gasteiger partial charge is 0.244 e. The standard InChI is InChI=1S/C13H16Cl2N2O2S2/c1-2-9-3-5-13(8-16,6-4-9)17-21(18,19)10-7-11(14)20-12(10)15/h7,9,17H,2-6H2,1H3. The minimum absolute atomic E-state index is 0.0496. The second-order valence-electron chi connectivity index (χ2n) is 5.34. The highest BCUT2D eigenvalue weighted by Gasteiger charge is 2.39. The van der Waals surface area contributed by atoms with Crippen LogP contribution in [0.25, 0.3) is 0 Å². The zero-order valence-corrected chi connectivity index (χ0v) is 14.7. The topological polar surface area (TPSA) is 70.0 Å². The third-order valence-corrected chi connectivity index (χ3v) is 7.28. The van der Waals surface area contributed by atoms with Gasteiger partial charge >= 0.3 is 0 Å². The average Bonchev–Trinajstić information content (AvgIpc) is 2.79. The van der Waals surface area contributed by atoms with E-state index in [4.69, 9.17) is 23.2 Å². The lowest BCUT2D eigenvalue weighted by molar-refractivity contribution is 0.259. The Labute approximate surface area is 139 Å². The fraction of sp³-hybridized carbons (Fsp3) is 0.615. The Kier molecular flexibility index (Phi) is 5.22. The molecule has 0 spiro atoms. The second-order valence-corrected chi connectivity index (χ2v) is 9.28. The van der Waals surface area contributed by atoms with Gasteiger partial charge in [0.05, 0.1) is 10.4 Å². The summed E-state index contributed by atoms with van der Waals surface area (Å²) in [5.41, 5.74) is -1.04. The molecule has 1 aromatic heterocycles.